The van der Waals surface area contributed by atoms with E-state index in [1.807, 2.05) is 62.3 Å². The molecule has 0 aromatic carbocycles. The van der Waals surface area contributed by atoms with Gasteiger partial charge in [-0.15, -0.1) is 0 Å². The summed E-state index contributed by atoms with van der Waals surface area (Å²) in [6.07, 6.45) is 41.8. The number of amides is 1. The van der Waals surface area contributed by atoms with E-state index in [1.54, 1.807) is 12.6 Å². The van der Waals surface area contributed by atoms with E-state index in [0.717, 1.165) is 117 Å². The van der Waals surface area contributed by atoms with Crippen LogP contribution in [-0.4, -0.2) is 67.7 Å². The van der Waals surface area contributed by atoms with E-state index in [-0.39, 0.29) is 58.7 Å². The lowest BCUT2D eigenvalue weighted by atomic mass is 9.30. The van der Waals surface area contributed by atoms with Gasteiger partial charge in [-0.1, -0.05) is 116 Å². The van der Waals surface area contributed by atoms with Crippen molar-refractivity contribution < 1.29 is 42.9 Å². The van der Waals surface area contributed by atoms with Gasteiger partial charge in [-0.05, 0) is 385 Å². The Bertz CT molecular complexity index is 3300. The second-order valence-electron chi connectivity index (χ2n) is 47.5. The SMILES string of the molecule is CNC(=O)CC[C@@H](C)[C@H]1CCC2C3CC[C@@H]4C[C@H](OC(=O)C(C)(C)C)CC[C@]4(C)C3CC[C@@]21C.C[C@@H]1CC[C@@]2(OC1)O[C@H]1C[C@H]3[C@@H]4CC=C5C[C@@H](OC(=O)C(C)(C)C)CC[C@]5(C)[C@H]4CC[C@]3(C)[C@H]1[C@@H]2C.C[C@H]1[C@@H](OC(=O)C(C)(C)C)CC[C@@H]2[C@]1(C)CC[C@H]1[C@@]2(C)CC[C@@]2(C)[C@@H]3CC(C)(C)CC[C@]3(C)CC[C@]12C. The molecule has 13 aliphatic carbocycles. The molecule has 1 spiro atoms. The highest BCUT2D eigenvalue weighted by Crippen LogP contribution is 2.80. The van der Waals surface area contributed by atoms with Crippen molar-refractivity contribution >= 4 is 23.8 Å². The zero-order valence-electron chi connectivity index (χ0n) is 73.4. The monoisotopic (exact) mass is 1480 g/mol. The third-order valence-corrected chi connectivity index (χ3v) is 38.4. The van der Waals surface area contributed by atoms with Crippen LogP contribution < -0.4 is 5.32 Å². The standard InChI is InChI=1S/C35H60O2.C32H50O4.C30H51NO3/c1-23-24(37-28(36)29(2,3)4)12-13-25-32(23,8)15-14-26-33(25,9)19-21-35(11)27-22-30(5,6)16-17-31(27,7)18-20-34(26,35)10;1-19-10-15-32(34-18-19)20(2)27-26(36-32)17-25-23-9-8-21-16-22(35-28(33)29(3,4)5)11-13-30(21,6)24(23)12-14-31(25,27)7;1-19(8-13-26(32)31-7)23-11-12-24-22-10-9-20-18-21(34-27(33)28(2,3)4)14-16-29(20,5)25(22)15-17-30(23,24)6/h23-27H,12-22H2,1-11H3;8,19-20,22-27H,9-18H2,1-7H3;19-25H,8-18H2,1-7H3,(H,31,32)/t23-,24-,25+,26-,27+,31+,32+,33-,34+,35-;19-,20+,22+,23-,24+,25+,26+,27+,30+,31+,32-;19-,20-,21-,22?,23-,24?,25?,29+,30-/m011/s1. The summed E-state index contributed by atoms with van der Waals surface area (Å²) in [4.78, 5) is 49.7. The zero-order valence-corrected chi connectivity index (χ0v) is 73.4. The van der Waals surface area contributed by atoms with Gasteiger partial charge in [0, 0.05) is 32.2 Å². The van der Waals surface area contributed by atoms with Crippen molar-refractivity contribution in [3.8, 4) is 0 Å². The van der Waals surface area contributed by atoms with E-state index >= 15 is 0 Å². The highest BCUT2D eigenvalue weighted by molar-refractivity contribution is 5.77. The molecule has 0 aromatic rings. The molecule has 107 heavy (non-hydrogen) atoms. The summed E-state index contributed by atoms with van der Waals surface area (Å²) in [6, 6.07) is 0. The molecule has 2 aliphatic heterocycles. The third-order valence-electron chi connectivity index (χ3n) is 38.4. The lowest BCUT2D eigenvalue weighted by molar-refractivity contribution is -0.272. The first-order chi connectivity index (χ1) is 49.6. The molecule has 0 bridgehead atoms. The molecule has 608 valence electrons. The van der Waals surface area contributed by atoms with Gasteiger partial charge in [0.2, 0.25) is 5.91 Å². The fourth-order valence-electron chi connectivity index (χ4n) is 31.2. The van der Waals surface area contributed by atoms with Crippen LogP contribution in [0.5, 0.6) is 0 Å². The predicted molar refractivity (Wildman–Crippen MR) is 432 cm³/mol. The first kappa shape index (κ1) is 82.5. The Labute approximate surface area is 654 Å². The quantitative estimate of drug-likeness (QED) is 0.151. The fraction of sp³-hybridized carbons (Fsp3) is 0.938. The lowest BCUT2D eigenvalue weighted by Gasteiger charge is -2.75. The number of hydrogen-bond donors (Lipinski definition) is 1. The molecule has 2 saturated heterocycles. The molecule has 10 nitrogen and oxygen atoms in total. The number of carbonyl (C=O) groups is 4. The molecule has 10 heteroatoms. The maximum Gasteiger partial charge on any atom is 0.311 e. The van der Waals surface area contributed by atoms with Gasteiger partial charge in [0.1, 0.15) is 18.3 Å². The Morgan fingerprint density at radius 1 is 0.523 bits per heavy atom. The molecule has 12 saturated carbocycles. The van der Waals surface area contributed by atoms with Crippen LogP contribution in [-0.2, 0) is 42.9 Å². The smallest absolute Gasteiger partial charge is 0.311 e. The molecule has 1 N–H and O–H groups in total. The highest BCUT2D eigenvalue weighted by Gasteiger charge is 2.73. The second kappa shape index (κ2) is 28.5. The van der Waals surface area contributed by atoms with Crippen LogP contribution in [0.15, 0.2) is 11.6 Å². The van der Waals surface area contributed by atoms with Gasteiger partial charge in [-0.25, -0.2) is 0 Å². The van der Waals surface area contributed by atoms with Crippen LogP contribution in [0.2, 0.25) is 0 Å². The molecular formula is C97H161NO9. The van der Waals surface area contributed by atoms with Crippen molar-refractivity contribution in [2.24, 2.45) is 165 Å². The van der Waals surface area contributed by atoms with Gasteiger partial charge < -0.3 is 29.0 Å². The molecule has 0 radical (unpaired) electrons. The van der Waals surface area contributed by atoms with Gasteiger partial charge in [0.05, 0.1) is 29.0 Å². The number of allylic oxidation sites excluding steroid dienone is 1. The number of fused-ring (bicyclic) bond motifs is 19. The number of nitrogens with one attached hydrogen (secondary N) is 1. The number of hydrogen-bond acceptors (Lipinski definition) is 9. The molecular weight excluding hydrogens is 1320 g/mol. The molecule has 15 rings (SSSR count). The number of rotatable bonds is 7. The van der Waals surface area contributed by atoms with E-state index in [0.29, 0.717) is 91.4 Å². The van der Waals surface area contributed by atoms with Crippen LogP contribution in [0.3, 0.4) is 0 Å². The van der Waals surface area contributed by atoms with Gasteiger partial charge in [-0.3, -0.25) is 19.2 Å². The highest BCUT2D eigenvalue weighted by atomic mass is 16.7. The molecule has 14 fully saturated rings. The van der Waals surface area contributed by atoms with Crippen molar-refractivity contribution in [1.82, 2.24) is 5.32 Å². The maximum absolute atomic E-state index is 12.8. The minimum atomic E-state index is -0.431. The first-order valence-electron chi connectivity index (χ1n) is 45.4. The first-order valence-corrected chi connectivity index (χ1v) is 45.4. The van der Waals surface area contributed by atoms with Gasteiger partial charge >= 0.3 is 17.9 Å². The van der Waals surface area contributed by atoms with Crippen LogP contribution in [0.4, 0.5) is 0 Å². The second-order valence-corrected chi connectivity index (χ2v) is 47.5. The van der Waals surface area contributed by atoms with Crippen LogP contribution in [0, 0.1) is 165 Å². The van der Waals surface area contributed by atoms with E-state index in [4.69, 9.17) is 23.7 Å². The van der Waals surface area contributed by atoms with Crippen molar-refractivity contribution in [1.29, 1.82) is 0 Å². The Kier molecular flexibility index (Phi) is 22.0. The van der Waals surface area contributed by atoms with Gasteiger partial charge in [0.25, 0.3) is 0 Å². The van der Waals surface area contributed by atoms with E-state index in [2.05, 4.69) is 115 Å². The molecule has 2 heterocycles. The molecule has 15 aliphatic rings. The Morgan fingerprint density at radius 3 is 1.79 bits per heavy atom. The summed E-state index contributed by atoms with van der Waals surface area (Å²) in [6.45, 7) is 57.1. The van der Waals surface area contributed by atoms with Gasteiger partial charge in [0.15, 0.2) is 5.79 Å². The predicted octanol–water partition coefficient (Wildman–Crippen LogP) is 23.9. The topological polar surface area (TPSA) is 126 Å². The average Bonchev–Trinajstić information content (AvgIpc) is 1.35. The van der Waals surface area contributed by atoms with Crippen molar-refractivity contribution in [3.05, 3.63) is 11.6 Å². The summed E-state index contributed by atoms with van der Waals surface area (Å²) >= 11 is 0. The Hall–Kier alpha value is -2.46. The number of ether oxygens (including phenoxy) is 5. The van der Waals surface area contributed by atoms with E-state index < -0.39 is 16.2 Å². The average molecular weight is 1490 g/mol. The third kappa shape index (κ3) is 14.0. The largest absolute Gasteiger partial charge is 0.462 e. The lowest BCUT2D eigenvalue weighted by Crippen LogP contribution is -2.68. The van der Waals surface area contributed by atoms with Crippen LogP contribution in [0.1, 0.15) is 365 Å². The molecule has 3 unspecified atom stereocenters. The number of carbonyl (C=O) groups excluding carboxylic acids is 4. The fourth-order valence-corrected chi connectivity index (χ4v) is 31.2. The maximum atomic E-state index is 12.8. The normalized spacial score (nSPS) is 49.5. The molecule has 0 aromatic heterocycles. The summed E-state index contributed by atoms with van der Waals surface area (Å²) in [7, 11) is 1.75. The molecule has 30 atom stereocenters. The minimum Gasteiger partial charge on any atom is -0.462 e. The Balaban J connectivity index is 0.000000142. The number of esters is 3. The van der Waals surface area contributed by atoms with E-state index in [1.165, 1.54) is 141 Å². The summed E-state index contributed by atoms with van der Waals surface area (Å²) < 4.78 is 31.6. The summed E-state index contributed by atoms with van der Waals surface area (Å²) in [5.74, 6) is 11.3. The molecule has 1 amide bonds. The van der Waals surface area contributed by atoms with E-state index in [9.17, 15) is 19.2 Å². The zero-order chi connectivity index (χ0) is 78.0. The van der Waals surface area contributed by atoms with Crippen LogP contribution >= 0.6 is 0 Å². The van der Waals surface area contributed by atoms with Crippen molar-refractivity contribution in [3.63, 3.8) is 0 Å². The minimum absolute atomic E-state index is 0.0205. The summed E-state index contributed by atoms with van der Waals surface area (Å²) in [5, 5.41) is 2.80. The Morgan fingerprint density at radius 2 is 1.12 bits per heavy atom. The van der Waals surface area contributed by atoms with Crippen molar-refractivity contribution in [2.75, 3.05) is 13.7 Å². The van der Waals surface area contributed by atoms with Gasteiger partial charge in [-0.2, -0.15) is 0 Å². The van der Waals surface area contributed by atoms with Crippen molar-refractivity contribution in [2.45, 2.75) is 395 Å². The van der Waals surface area contributed by atoms with Crippen LogP contribution in [0.25, 0.3) is 0 Å². The summed E-state index contributed by atoms with van der Waals surface area (Å²) in [5.41, 5.74) is 4.43.